The topological polar surface area (TPSA) is 21.3 Å². The van der Waals surface area contributed by atoms with E-state index in [2.05, 4.69) is 19.2 Å². The summed E-state index contributed by atoms with van der Waals surface area (Å²) in [6.07, 6.45) is 6.19. The van der Waals surface area contributed by atoms with Gasteiger partial charge in [0.2, 0.25) is 0 Å². The Hall–Kier alpha value is -0.0800. The quantitative estimate of drug-likeness (QED) is 0.726. The molecule has 1 fully saturated rings. The minimum Gasteiger partial charge on any atom is -0.381 e. The minimum absolute atomic E-state index is 0.701. The van der Waals surface area contributed by atoms with Gasteiger partial charge in [-0.05, 0) is 32.1 Å². The average Bonchev–Trinajstić information content (AvgIpc) is 2.42. The minimum atomic E-state index is 0.701. The Balaban J connectivity index is 2.24. The second-order valence-corrected chi connectivity index (χ2v) is 3.92. The Morgan fingerprint density at radius 1 is 1.23 bits per heavy atom. The lowest BCUT2D eigenvalue weighted by atomic mass is 10.1. The van der Waals surface area contributed by atoms with Gasteiger partial charge in [0.05, 0.1) is 0 Å². The van der Waals surface area contributed by atoms with E-state index in [1.54, 1.807) is 0 Å². The van der Waals surface area contributed by atoms with Crippen LogP contribution in [-0.4, -0.2) is 25.3 Å². The fourth-order valence-electron chi connectivity index (χ4n) is 1.93. The molecule has 1 aliphatic heterocycles. The van der Waals surface area contributed by atoms with Gasteiger partial charge in [0.15, 0.2) is 0 Å². The van der Waals surface area contributed by atoms with E-state index >= 15 is 0 Å². The van der Waals surface area contributed by atoms with Gasteiger partial charge in [0.1, 0.15) is 0 Å². The van der Waals surface area contributed by atoms with Crippen molar-refractivity contribution < 1.29 is 4.74 Å². The maximum absolute atomic E-state index is 5.43. The van der Waals surface area contributed by atoms with E-state index in [1.165, 1.54) is 32.1 Å². The van der Waals surface area contributed by atoms with Crippen molar-refractivity contribution in [2.45, 2.75) is 58.0 Å². The van der Waals surface area contributed by atoms with Crippen molar-refractivity contribution in [3.05, 3.63) is 0 Å². The van der Waals surface area contributed by atoms with Crippen LogP contribution in [0, 0.1) is 0 Å². The standard InChI is InChI=1S/C11H23NO/c1-3-10(4-2)12-11-6-5-8-13-9-7-11/h10-12H,3-9H2,1-2H3. The summed E-state index contributed by atoms with van der Waals surface area (Å²) in [5.74, 6) is 0. The summed E-state index contributed by atoms with van der Waals surface area (Å²) in [7, 11) is 0. The third-order valence-corrected chi connectivity index (χ3v) is 2.91. The molecule has 0 aromatic rings. The second-order valence-electron chi connectivity index (χ2n) is 3.92. The van der Waals surface area contributed by atoms with Gasteiger partial charge in [0.25, 0.3) is 0 Å². The van der Waals surface area contributed by atoms with E-state index in [1.807, 2.05) is 0 Å². The molecule has 13 heavy (non-hydrogen) atoms. The van der Waals surface area contributed by atoms with Gasteiger partial charge in [-0.15, -0.1) is 0 Å². The summed E-state index contributed by atoms with van der Waals surface area (Å²) in [4.78, 5) is 0. The zero-order valence-corrected chi connectivity index (χ0v) is 9.01. The Labute approximate surface area is 82.0 Å². The zero-order chi connectivity index (χ0) is 9.52. The molecule has 2 nitrogen and oxygen atoms in total. The van der Waals surface area contributed by atoms with E-state index in [9.17, 15) is 0 Å². The SMILES string of the molecule is CCC(CC)NC1CCCOCC1. The van der Waals surface area contributed by atoms with Crippen molar-refractivity contribution in [1.29, 1.82) is 0 Å². The largest absolute Gasteiger partial charge is 0.381 e. The highest BCUT2D eigenvalue weighted by molar-refractivity contribution is 4.74. The van der Waals surface area contributed by atoms with Crippen LogP contribution in [0.5, 0.6) is 0 Å². The highest BCUT2D eigenvalue weighted by Crippen LogP contribution is 2.10. The first-order valence-electron chi connectivity index (χ1n) is 5.70. The van der Waals surface area contributed by atoms with Crippen LogP contribution in [0.2, 0.25) is 0 Å². The first-order valence-corrected chi connectivity index (χ1v) is 5.70. The summed E-state index contributed by atoms with van der Waals surface area (Å²) < 4.78 is 5.43. The average molecular weight is 185 g/mol. The molecule has 0 aliphatic carbocycles. The molecule has 1 N–H and O–H groups in total. The molecule has 0 amide bonds. The lowest BCUT2D eigenvalue weighted by Gasteiger charge is -2.22. The smallest absolute Gasteiger partial charge is 0.0480 e. The molecule has 0 radical (unpaired) electrons. The van der Waals surface area contributed by atoms with Crippen LogP contribution in [0.1, 0.15) is 46.0 Å². The van der Waals surface area contributed by atoms with Crippen molar-refractivity contribution in [3.8, 4) is 0 Å². The van der Waals surface area contributed by atoms with Crippen LogP contribution in [-0.2, 0) is 4.74 Å². The fraction of sp³-hybridized carbons (Fsp3) is 1.00. The van der Waals surface area contributed by atoms with Crippen LogP contribution in [0.15, 0.2) is 0 Å². The van der Waals surface area contributed by atoms with Crippen molar-refractivity contribution in [3.63, 3.8) is 0 Å². The molecule has 1 aliphatic rings. The van der Waals surface area contributed by atoms with E-state index in [-0.39, 0.29) is 0 Å². The van der Waals surface area contributed by atoms with E-state index in [0.29, 0.717) is 12.1 Å². The molecule has 1 saturated heterocycles. The third kappa shape index (κ3) is 4.10. The molecular weight excluding hydrogens is 162 g/mol. The molecular formula is C11H23NO. The van der Waals surface area contributed by atoms with Gasteiger partial charge in [-0.3, -0.25) is 0 Å². The van der Waals surface area contributed by atoms with Crippen molar-refractivity contribution in [1.82, 2.24) is 5.32 Å². The fourth-order valence-corrected chi connectivity index (χ4v) is 1.93. The molecule has 1 atom stereocenters. The van der Waals surface area contributed by atoms with Crippen molar-refractivity contribution in [2.75, 3.05) is 13.2 Å². The summed E-state index contributed by atoms with van der Waals surface area (Å²) in [5, 5.41) is 3.72. The molecule has 0 bridgehead atoms. The first kappa shape index (κ1) is 11.0. The number of rotatable bonds is 4. The molecule has 0 aromatic heterocycles. The lowest BCUT2D eigenvalue weighted by molar-refractivity contribution is 0.142. The van der Waals surface area contributed by atoms with Crippen molar-refractivity contribution >= 4 is 0 Å². The normalized spacial score (nSPS) is 24.7. The van der Waals surface area contributed by atoms with Gasteiger partial charge < -0.3 is 10.1 Å². The predicted molar refractivity (Wildman–Crippen MR) is 56.0 cm³/mol. The maximum Gasteiger partial charge on any atom is 0.0480 e. The van der Waals surface area contributed by atoms with Gasteiger partial charge in [-0.25, -0.2) is 0 Å². The van der Waals surface area contributed by atoms with Gasteiger partial charge in [0, 0.05) is 25.3 Å². The van der Waals surface area contributed by atoms with Crippen LogP contribution >= 0.6 is 0 Å². The summed E-state index contributed by atoms with van der Waals surface area (Å²) in [6.45, 7) is 6.42. The van der Waals surface area contributed by atoms with Crippen LogP contribution in [0.4, 0.5) is 0 Å². The first-order chi connectivity index (χ1) is 6.36. The van der Waals surface area contributed by atoms with Crippen LogP contribution < -0.4 is 5.32 Å². The zero-order valence-electron chi connectivity index (χ0n) is 9.01. The van der Waals surface area contributed by atoms with E-state index in [0.717, 1.165) is 13.2 Å². The summed E-state index contributed by atoms with van der Waals surface area (Å²) >= 11 is 0. The van der Waals surface area contributed by atoms with E-state index in [4.69, 9.17) is 4.74 Å². The molecule has 1 heterocycles. The monoisotopic (exact) mass is 185 g/mol. The van der Waals surface area contributed by atoms with Gasteiger partial charge >= 0.3 is 0 Å². The Morgan fingerprint density at radius 2 is 2.00 bits per heavy atom. The second kappa shape index (κ2) is 6.39. The highest BCUT2D eigenvalue weighted by atomic mass is 16.5. The lowest BCUT2D eigenvalue weighted by Crippen LogP contribution is -2.37. The maximum atomic E-state index is 5.43. The summed E-state index contributed by atoms with van der Waals surface area (Å²) in [5.41, 5.74) is 0. The number of ether oxygens (including phenoxy) is 1. The number of hydrogen-bond acceptors (Lipinski definition) is 2. The Morgan fingerprint density at radius 3 is 2.69 bits per heavy atom. The van der Waals surface area contributed by atoms with E-state index < -0.39 is 0 Å². The Bertz CT molecular complexity index is 115. The number of nitrogens with one attached hydrogen (secondary N) is 1. The van der Waals surface area contributed by atoms with Crippen LogP contribution in [0.3, 0.4) is 0 Å². The van der Waals surface area contributed by atoms with Gasteiger partial charge in [-0.1, -0.05) is 13.8 Å². The van der Waals surface area contributed by atoms with Crippen molar-refractivity contribution in [2.24, 2.45) is 0 Å². The molecule has 1 rings (SSSR count). The number of hydrogen-bond donors (Lipinski definition) is 1. The Kier molecular flexibility index (Phi) is 5.40. The molecule has 1 unspecified atom stereocenters. The van der Waals surface area contributed by atoms with Crippen LogP contribution in [0.25, 0.3) is 0 Å². The predicted octanol–water partition coefficient (Wildman–Crippen LogP) is 2.33. The third-order valence-electron chi connectivity index (χ3n) is 2.91. The highest BCUT2D eigenvalue weighted by Gasteiger charge is 2.14. The molecule has 78 valence electrons. The molecule has 0 spiro atoms. The molecule has 2 heteroatoms. The molecule has 0 aromatic carbocycles. The molecule has 0 saturated carbocycles. The van der Waals surface area contributed by atoms with Gasteiger partial charge in [-0.2, -0.15) is 0 Å². The summed E-state index contributed by atoms with van der Waals surface area (Å²) in [6, 6.07) is 1.41.